The third-order valence-corrected chi connectivity index (χ3v) is 7.27. The van der Waals surface area contributed by atoms with Gasteiger partial charge in [-0.15, -0.1) is 0 Å². The lowest BCUT2D eigenvalue weighted by atomic mass is 10.1. The number of fused-ring (bicyclic) bond motifs is 4. The maximum absolute atomic E-state index is 13.7. The fourth-order valence-electron chi connectivity index (χ4n) is 5.15. The Labute approximate surface area is 208 Å². The first-order chi connectivity index (χ1) is 16.9. The monoisotopic (exact) mass is 535 g/mol. The number of ether oxygens (including phenoxy) is 1. The largest absolute Gasteiger partial charge is 0.497 e. The number of pyridine rings is 1. The minimum absolute atomic E-state index is 0.0196. The molecule has 1 saturated heterocycles. The quantitative estimate of drug-likeness (QED) is 0.376. The molecule has 10 nitrogen and oxygen atoms in total. The summed E-state index contributed by atoms with van der Waals surface area (Å²) in [5.41, 5.74) is 7.52. The molecule has 0 bridgehead atoms. The van der Waals surface area contributed by atoms with E-state index in [1.165, 1.54) is 6.33 Å². The number of carbonyl (C=O) groups is 2. The summed E-state index contributed by atoms with van der Waals surface area (Å²) in [6.45, 7) is 0.0196. The molecule has 1 aromatic carbocycles. The van der Waals surface area contributed by atoms with Gasteiger partial charge in [-0.2, -0.15) is 0 Å². The second-order valence-electron chi connectivity index (χ2n) is 8.88. The van der Waals surface area contributed by atoms with Crippen LogP contribution >= 0.6 is 15.9 Å². The van der Waals surface area contributed by atoms with Crippen molar-refractivity contribution in [2.24, 2.45) is 5.92 Å². The number of halogens is 1. The molecule has 178 valence electrons. The molecule has 3 aromatic heterocycles. The van der Waals surface area contributed by atoms with Crippen molar-refractivity contribution in [3.63, 3.8) is 0 Å². The van der Waals surface area contributed by atoms with Gasteiger partial charge in [0, 0.05) is 17.5 Å². The summed E-state index contributed by atoms with van der Waals surface area (Å²) in [7, 11) is 1.59. The van der Waals surface area contributed by atoms with E-state index in [4.69, 9.17) is 10.5 Å². The van der Waals surface area contributed by atoms with Crippen molar-refractivity contribution in [1.29, 1.82) is 0 Å². The number of nitrogens with two attached hydrogens (primary N) is 1. The van der Waals surface area contributed by atoms with E-state index >= 15 is 0 Å². The van der Waals surface area contributed by atoms with Gasteiger partial charge in [0.1, 0.15) is 46.5 Å². The molecule has 1 aliphatic heterocycles. The normalized spacial score (nSPS) is 20.7. The van der Waals surface area contributed by atoms with Crippen LogP contribution in [-0.2, 0) is 16.1 Å². The maximum Gasteiger partial charge on any atom is 0.248 e. The number of amides is 2. The molecule has 4 aromatic rings. The zero-order valence-corrected chi connectivity index (χ0v) is 20.4. The van der Waals surface area contributed by atoms with E-state index in [-0.39, 0.29) is 24.4 Å². The summed E-state index contributed by atoms with van der Waals surface area (Å²) in [6.07, 6.45) is 2.95. The summed E-state index contributed by atoms with van der Waals surface area (Å²) < 4.78 is 7.86. The number of hydrogen-bond acceptors (Lipinski definition) is 7. The van der Waals surface area contributed by atoms with Gasteiger partial charge in [-0.25, -0.2) is 15.0 Å². The molecule has 0 radical (unpaired) electrons. The number of hydrogen-bond donors (Lipinski definition) is 2. The van der Waals surface area contributed by atoms with Crippen LogP contribution in [0.4, 0.5) is 11.6 Å². The molecule has 1 aliphatic carbocycles. The van der Waals surface area contributed by atoms with Gasteiger partial charge in [-0.05, 0) is 59.0 Å². The van der Waals surface area contributed by atoms with Crippen molar-refractivity contribution in [1.82, 2.24) is 24.4 Å². The molecule has 11 heteroatoms. The Balaban J connectivity index is 1.33. The second kappa shape index (κ2) is 8.19. The Morgan fingerprint density at radius 3 is 2.89 bits per heavy atom. The number of carbonyl (C=O) groups excluding carboxylic acids is 2. The molecule has 4 heterocycles. The second-order valence-corrected chi connectivity index (χ2v) is 9.69. The van der Waals surface area contributed by atoms with Crippen molar-refractivity contribution < 1.29 is 14.3 Å². The molecular weight excluding hydrogens is 514 g/mol. The lowest BCUT2D eigenvalue weighted by Gasteiger charge is -2.27. The number of benzene rings is 1. The van der Waals surface area contributed by atoms with Crippen molar-refractivity contribution in [2.75, 3.05) is 18.2 Å². The number of rotatable bonds is 5. The standard InChI is InChI=1S/C24H22BrN7O3/c1-35-13-5-6-14-16(9-13)31(23-21(14)22(26)27-11-28-23)10-20(33)32-15-7-12(15)8-17(32)24(34)30-19-4-2-3-18(25)29-19/h2-6,9,11-12,15,17H,7-8,10H2,1H3,(H2,26,27,28)(H,29,30,34)/t12-,15-,17+/m1/s1. The number of methoxy groups -OCH3 is 1. The lowest BCUT2D eigenvalue weighted by molar-refractivity contribution is -0.138. The Hall–Kier alpha value is -3.73. The van der Waals surface area contributed by atoms with Gasteiger partial charge in [0.15, 0.2) is 0 Å². The Kier molecular flexibility index (Phi) is 5.10. The highest BCUT2D eigenvalue weighted by Gasteiger charge is 2.56. The van der Waals surface area contributed by atoms with Crippen LogP contribution < -0.4 is 15.8 Å². The van der Waals surface area contributed by atoms with Gasteiger partial charge < -0.3 is 25.3 Å². The molecule has 0 spiro atoms. The highest BCUT2D eigenvalue weighted by atomic mass is 79.9. The van der Waals surface area contributed by atoms with E-state index in [2.05, 4.69) is 36.2 Å². The molecule has 1 saturated carbocycles. The molecular formula is C24H22BrN7O3. The van der Waals surface area contributed by atoms with E-state index in [0.717, 1.165) is 17.3 Å². The summed E-state index contributed by atoms with van der Waals surface area (Å²) >= 11 is 3.32. The van der Waals surface area contributed by atoms with Gasteiger partial charge in [-0.1, -0.05) is 6.07 Å². The van der Waals surface area contributed by atoms with Gasteiger partial charge >= 0.3 is 0 Å². The predicted molar refractivity (Wildman–Crippen MR) is 134 cm³/mol. The van der Waals surface area contributed by atoms with Crippen molar-refractivity contribution in [3.05, 3.63) is 47.3 Å². The number of likely N-dealkylation sites (tertiary alicyclic amines) is 1. The van der Waals surface area contributed by atoms with Gasteiger partial charge in [0.05, 0.1) is 18.0 Å². The average Bonchev–Trinajstić information content (AvgIpc) is 3.39. The van der Waals surface area contributed by atoms with Gasteiger partial charge in [-0.3, -0.25) is 9.59 Å². The summed E-state index contributed by atoms with van der Waals surface area (Å²) in [5.74, 6) is 1.42. The highest BCUT2D eigenvalue weighted by Crippen LogP contribution is 2.48. The van der Waals surface area contributed by atoms with Crippen molar-refractivity contribution in [3.8, 4) is 5.75 Å². The maximum atomic E-state index is 13.7. The molecule has 35 heavy (non-hydrogen) atoms. The zero-order valence-electron chi connectivity index (χ0n) is 18.8. The number of anilines is 2. The number of aromatic nitrogens is 4. The van der Waals surface area contributed by atoms with Crippen molar-refractivity contribution in [2.45, 2.75) is 31.5 Å². The first kappa shape index (κ1) is 21.8. The smallest absolute Gasteiger partial charge is 0.248 e. The van der Waals surface area contributed by atoms with Crippen LogP contribution in [0.2, 0.25) is 0 Å². The van der Waals surface area contributed by atoms with Crippen LogP contribution in [0.25, 0.3) is 21.9 Å². The van der Waals surface area contributed by atoms with Crippen LogP contribution in [0.3, 0.4) is 0 Å². The third kappa shape index (κ3) is 3.66. The molecule has 2 aliphatic rings. The molecule has 3 atom stereocenters. The third-order valence-electron chi connectivity index (χ3n) is 6.83. The zero-order chi connectivity index (χ0) is 24.3. The minimum atomic E-state index is -0.547. The Bertz CT molecular complexity index is 1500. The van der Waals surface area contributed by atoms with Crippen LogP contribution in [0.1, 0.15) is 12.8 Å². The number of piperidine rings is 1. The number of nitrogen functional groups attached to an aromatic ring is 1. The predicted octanol–water partition coefficient (Wildman–Crippen LogP) is 2.96. The molecule has 6 rings (SSSR count). The first-order valence-corrected chi connectivity index (χ1v) is 12.0. The summed E-state index contributed by atoms with van der Waals surface area (Å²) in [6, 6.07) is 10.4. The fraction of sp³-hybridized carbons (Fsp3) is 0.292. The fourth-order valence-corrected chi connectivity index (χ4v) is 5.50. The van der Waals surface area contributed by atoms with Gasteiger partial charge in [0.2, 0.25) is 11.8 Å². The first-order valence-electron chi connectivity index (χ1n) is 11.3. The van der Waals surface area contributed by atoms with Crippen LogP contribution in [0.15, 0.2) is 47.3 Å². The van der Waals surface area contributed by atoms with Crippen molar-refractivity contribution >= 4 is 61.3 Å². The molecule has 0 unspecified atom stereocenters. The Morgan fingerprint density at radius 1 is 1.23 bits per heavy atom. The van der Waals surface area contributed by atoms with Crippen LogP contribution in [0.5, 0.6) is 5.75 Å². The van der Waals surface area contributed by atoms with E-state index in [0.29, 0.717) is 45.4 Å². The minimum Gasteiger partial charge on any atom is -0.497 e. The SMILES string of the molecule is COc1ccc2c3c(N)ncnc3n(CC(=O)N3[C@@H]4C[C@@H]4C[C@H]3C(=O)Nc3cccc(Br)n3)c2c1. The topological polar surface area (TPSA) is 128 Å². The summed E-state index contributed by atoms with van der Waals surface area (Å²) in [5, 5.41) is 4.39. The number of nitrogens with one attached hydrogen (secondary N) is 1. The van der Waals surface area contributed by atoms with E-state index in [1.807, 2.05) is 22.8 Å². The highest BCUT2D eigenvalue weighted by molar-refractivity contribution is 9.10. The van der Waals surface area contributed by atoms with Crippen LogP contribution in [0, 0.1) is 5.92 Å². The molecule has 3 N–H and O–H groups in total. The van der Waals surface area contributed by atoms with Crippen LogP contribution in [-0.4, -0.2) is 55.4 Å². The van der Waals surface area contributed by atoms with E-state index in [9.17, 15) is 9.59 Å². The van der Waals surface area contributed by atoms with E-state index < -0.39 is 6.04 Å². The van der Waals surface area contributed by atoms with Gasteiger partial charge in [0.25, 0.3) is 0 Å². The molecule has 2 fully saturated rings. The number of nitrogens with zero attached hydrogens (tertiary/aromatic N) is 5. The Morgan fingerprint density at radius 2 is 2.09 bits per heavy atom. The molecule has 2 amide bonds. The lowest BCUT2D eigenvalue weighted by Crippen LogP contribution is -2.46. The summed E-state index contributed by atoms with van der Waals surface area (Å²) in [4.78, 5) is 41.4. The average molecular weight is 536 g/mol. The van der Waals surface area contributed by atoms with E-state index in [1.54, 1.807) is 30.2 Å².